The quantitative estimate of drug-likeness (QED) is 0.249. The van der Waals surface area contributed by atoms with Crippen LogP contribution in [0.4, 0.5) is 0 Å². The van der Waals surface area contributed by atoms with E-state index in [9.17, 15) is 19.2 Å². The molecule has 0 radical (unpaired) electrons. The van der Waals surface area contributed by atoms with Crippen LogP contribution in [0.15, 0.2) is 34.6 Å². The molecule has 1 aliphatic heterocycles. The van der Waals surface area contributed by atoms with Crippen LogP contribution in [0.25, 0.3) is 0 Å². The van der Waals surface area contributed by atoms with Crippen LogP contribution in [-0.2, 0) is 38.1 Å². The highest BCUT2D eigenvalue weighted by Gasteiger charge is 2.77. The van der Waals surface area contributed by atoms with Gasteiger partial charge in [0.2, 0.25) is 0 Å². The van der Waals surface area contributed by atoms with Gasteiger partial charge in [0.05, 0.1) is 57.2 Å². The molecule has 192 valence electrons. The van der Waals surface area contributed by atoms with Crippen LogP contribution in [0.1, 0.15) is 41.5 Å². The molecule has 0 aromatic heterocycles. The summed E-state index contributed by atoms with van der Waals surface area (Å²) in [4.78, 5) is 53.5. The molecule has 0 amide bonds. The number of carbonyl (C=O) groups is 4. The first kappa shape index (κ1) is 26.5. The van der Waals surface area contributed by atoms with Gasteiger partial charge < -0.3 is 23.8 Å². The fraction of sp³-hybridized carbons (Fsp3) is 0.615. The third kappa shape index (κ3) is 3.50. The lowest BCUT2D eigenvalue weighted by Crippen LogP contribution is -2.67. The van der Waals surface area contributed by atoms with Crippen molar-refractivity contribution in [2.45, 2.75) is 53.1 Å². The van der Waals surface area contributed by atoms with Crippen molar-refractivity contribution in [1.29, 1.82) is 0 Å². The number of hydrogen-bond donors (Lipinski definition) is 0. The summed E-state index contributed by atoms with van der Waals surface area (Å²) < 4.78 is 20.1. The fourth-order valence-corrected chi connectivity index (χ4v) is 6.18. The van der Waals surface area contributed by atoms with Gasteiger partial charge in [-0.3, -0.25) is 0 Å². The van der Waals surface area contributed by atoms with E-state index in [1.165, 1.54) is 28.4 Å². The average molecular weight is 490 g/mol. The minimum absolute atomic E-state index is 0.0543. The number of ether oxygens (including phenoxy) is 4. The van der Waals surface area contributed by atoms with Crippen LogP contribution in [0.5, 0.6) is 0 Å². The van der Waals surface area contributed by atoms with E-state index >= 15 is 0 Å². The van der Waals surface area contributed by atoms with Gasteiger partial charge in [0.1, 0.15) is 5.70 Å². The van der Waals surface area contributed by atoms with E-state index in [0.717, 1.165) is 11.6 Å². The van der Waals surface area contributed by atoms with Gasteiger partial charge >= 0.3 is 23.9 Å². The van der Waals surface area contributed by atoms with Crippen LogP contribution in [-0.4, -0.2) is 68.8 Å². The first-order valence-electron chi connectivity index (χ1n) is 11.5. The van der Waals surface area contributed by atoms with Gasteiger partial charge in [0, 0.05) is 11.8 Å². The molecule has 9 heteroatoms. The molecule has 1 saturated heterocycles. The zero-order valence-corrected chi connectivity index (χ0v) is 22.1. The molecule has 35 heavy (non-hydrogen) atoms. The lowest BCUT2D eigenvalue weighted by atomic mass is 9.48. The summed E-state index contributed by atoms with van der Waals surface area (Å²) >= 11 is 0. The lowest BCUT2D eigenvalue weighted by molar-refractivity contribution is -0.148. The molecule has 0 spiro atoms. The van der Waals surface area contributed by atoms with Crippen molar-refractivity contribution in [1.82, 2.24) is 4.90 Å². The predicted octanol–water partition coefficient (Wildman–Crippen LogP) is 2.56. The van der Waals surface area contributed by atoms with Gasteiger partial charge in [-0.15, -0.1) is 0 Å². The summed E-state index contributed by atoms with van der Waals surface area (Å²) in [5.41, 5.74) is -0.700. The number of carbonyl (C=O) groups excluding carboxylic acids is 4. The molecule has 4 atom stereocenters. The SMILES string of the molecule is COC(=O)/C=C(\C(=O)OC)N1[C@@H]2C=C(C(C)(C)C)[C@@H]2[C@H]2C(C(=O)OC)=C(C(=O)OC)[C@]21C(C)(C)C. The third-order valence-electron chi connectivity index (χ3n) is 7.44. The summed E-state index contributed by atoms with van der Waals surface area (Å²) in [6.07, 6.45) is 3.11. The number of rotatable bonds is 5. The van der Waals surface area contributed by atoms with Gasteiger partial charge in [-0.1, -0.05) is 53.2 Å². The lowest BCUT2D eigenvalue weighted by Gasteiger charge is -2.59. The number of likely N-dealkylation sites (tertiary alicyclic amines) is 1. The molecule has 1 heterocycles. The Bertz CT molecular complexity index is 1070. The highest BCUT2D eigenvalue weighted by atomic mass is 16.5. The average Bonchev–Trinajstić information content (AvgIpc) is 2.91. The van der Waals surface area contributed by atoms with E-state index in [1.807, 2.05) is 26.8 Å². The summed E-state index contributed by atoms with van der Waals surface area (Å²) in [5.74, 6) is -3.51. The molecule has 3 aliphatic rings. The van der Waals surface area contributed by atoms with E-state index in [-0.39, 0.29) is 34.2 Å². The summed E-state index contributed by atoms with van der Waals surface area (Å²) in [6.45, 7) is 12.0. The van der Waals surface area contributed by atoms with Crippen LogP contribution >= 0.6 is 0 Å². The van der Waals surface area contributed by atoms with E-state index in [2.05, 4.69) is 20.8 Å². The van der Waals surface area contributed by atoms with Crippen molar-refractivity contribution in [2.75, 3.05) is 28.4 Å². The summed E-state index contributed by atoms with van der Waals surface area (Å²) in [5, 5.41) is 0. The number of methoxy groups -OCH3 is 4. The number of nitrogens with zero attached hydrogens (tertiary/aromatic N) is 1. The molecule has 0 aromatic rings. The minimum Gasteiger partial charge on any atom is -0.466 e. The van der Waals surface area contributed by atoms with E-state index < -0.39 is 40.7 Å². The van der Waals surface area contributed by atoms with Gasteiger partial charge in [0.25, 0.3) is 0 Å². The van der Waals surface area contributed by atoms with E-state index in [1.54, 1.807) is 4.90 Å². The van der Waals surface area contributed by atoms with Gasteiger partial charge in [0.15, 0.2) is 0 Å². The largest absolute Gasteiger partial charge is 0.466 e. The van der Waals surface area contributed by atoms with E-state index in [0.29, 0.717) is 0 Å². The smallest absolute Gasteiger partial charge is 0.354 e. The van der Waals surface area contributed by atoms with Gasteiger partial charge in [-0.05, 0) is 10.8 Å². The fourth-order valence-electron chi connectivity index (χ4n) is 6.18. The minimum atomic E-state index is -1.17. The maximum Gasteiger partial charge on any atom is 0.354 e. The predicted molar refractivity (Wildman–Crippen MR) is 126 cm³/mol. The Morgan fingerprint density at radius 3 is 1.89 bits per heavy atom. The number of fused-ring (bicyclic) bond motifs is 3. The van der Waals surface area contributed by atoms with Crippen LogP contribution in [0, 0.1) is 22.7 Å². The van der Waals surface area contributed by atoms with Crippen molar-refractivity contribution in [3.05, 3.63) is 34.6 Å². The van der Waals surface area contributed by atoms with Crippen molar-refractivity contribution in [3.8, 4) is 0 Å². The molecule has 0 saturated carbocycles. The Hall–Kier alpha value is -3.10. The molecule has 9 nitrogen and oxygen atoms in total. The molecule has 0 bridgehead atoms. The molecule has 1 fully saturated rings. The Morgan fingerprint density at radius 1 is 0.886 bits per heavy atom. The van der Waals surface area contributed by atoms with Crippen molar-refractivity contribution in [2.24, 2.45) is 22.7 Å². The molecule has 2 aliphatic carbocycles. The number of esters is 4. The molecular weight excluding hydrogens is 454 g/mol. The maximum atomic E-state index is 13.3. The van der Waals surface area contributed by atoms with Gasteiger partial charge in [-0.25, -0.2) is 19.2 Å². The zero-order chi connectivity index (χ0) is 26.7. The molecule has 0 N–H and O–H groups in total. The molecule has 0 aromatic carbocycles. The Morgan fingerprint density at radius 2 is 1.46 bits per heavy atom. The Balaban J connectivity index is 2.45. The second-order valence-electron chi connectivity index (χ2n) is 11.1. The van der Waals surface area contributed by atoms with Crippen LogP contribution in [0.3, 0.4) is 0 Å². The zero-order valence-electron chi connectivity index (χ0n) is 22.1. The normalized spacial score (nSPS) is 27.6. The molecular formula is C26H35NO8. The number of hydrogen-bond acceptors (Lipinski definition) is 9. The Kier molecular flexibility index (Phi) is 6.46. The van der Waals surface area contributed by atoms with Crippen molar-refractivity contribution in [3.63, 3.8) is 0 Å². The van der Waals surface area contributed by atoms with Crippen LogP contribution < -0.4 is 0 Å². The topological polar surface area (TPSA) is 108 Å². The highest BCUT2D eigenvalue weighted by molar-refractivity contribution is 6.08. The van der Waals surface area contributed by atoms with E-state index in [4.69, 9.17) is 18.9 Å². The first-order valence-corrected chi connectivity index (χ1v) is 11.5. The van der Waals surface area contributed by atoms with Crippen molar-refractivity contribution < 1.29 is 38.1 Å². The summed E-state index contributed by atoms with van der Waals surface area (Å²) in [7, 11) is 4.94. The molecule has 0 unspecified atom stereocenters. The second-order valence-corrected chi connectivity index (χ2v) is 11.1. The van der Waals surface area contributed by atoms with Gasteiger partial charge in [-0.2, -0.15) is 0 Å². The summed E-state index contributed by atoms with van der Waals surface area (Å²) in [6, 6.07) is -0.384. The highest BCUT2D eigenvalue weighted by Crippen LogP contribution is 2.71. The maximum absolute atomic E-state index is 13.3. The van der Waals surface area contributed by atoms with Crippen LogP contribution in [0.2, 0.25) is 0 Å². The first-order chi connectivity index (χ1) is 16.1. The standard InChI is InChI=1S/C26H35NO8/c1-24(2,3)13-11-14-17(13)19-18(22(30)34-9)20(23(31)35-10)26(19,25(4,5)6)27(14)15(21(29)33-8)12-16(28)32-7/h11-12,14,17,19H,1-10H3/b15-12+/t14-,17+,19+,26+/m1/s1. The third-order valence-corrected chi connectivity index (χ3v) is 7.44. The molecule has 3 rings (SSSR count). The van der Waals surface area contributed by atoms with Crippen molar-refractivity contribution >= 4 is 23.9 Å². The monoisotopic (exact) mass is 489 g/mol. The second kappa shape index (κ2) is 8.53. The Labute approximate surface area is 206 Å².